The summed E-state index contributed by atoms with van der Waals surface area (Å²) in [5.74, 6) is -0.0138. The highest BCUT2D eigenvalue weighted by atomic mass is 16.1. The Morgan fingerprint density at radius 1 is 0.718 bits per heavy atom. The van der Waals surface area contributed by atoms with Crippen LogP contribution in [0.5, 0.6) is 0 Å². The summed E-state index contributed by atoms with van der Waals surface area (Å²) >= 11 is 0. The van der Waals surface area contributed by atoms with Crippen LogP contribution >= 0.6 is 0 Å². The summed E-state index contributed by atoms with van der Waals surface area (Å²) in [6, 6.07) is 32.9. The van der Waals surface area contributed by atoms with Crippen molar-refractivity contribution in [3.8, 4) is 0 Å². The SMILES string of the molecule is CC(C)(C)c1ccc(C(=O)Nc2ccccc2CC(c2c[nH]c3ccccc23)c2c[nH]c3ccccc23)cc1. The highest BCUT2D eigenvalue weighted by Crippen LogP contribution is 2.38. The van der Waals surface area contributed by atoms with Crippen molar-refractivity contribution in [2.45, 2.75) is 38.5 Å². The number of aromatic amines is 2. The standard InChI is InChI=1S/C35H33N3O/c1-35(2,3)25-18-16-23(17-19-25)34(39)38-31-13-7-4-10-24(31)20-28(29-21-36-32-14-8-5-11-26(29)32)30-22-37-33-15-9-6-12-27(30)33/h4-19,21-22,28,36-37H,20H2,1-3H3,(H,38,39). The highest BCUT2D eigenvalue weighted by Gasteiger charge is 2.23. The third-order valence-electron chi connectivity index (χ3n) is 7.70. The van der Waals surface area contributed by atoms with Crippen molar-refractivity contribution < 1.29 is 4.79 Å². The fraction of sp³-hybridized carbons (Fsp3) is 0.171. The number of nitrogens with one attached hydrogen (secondary N) is 3. The lowest BCUT2D eigenvalue weighted by Crippen LogP contribution is -2.16. The normalized spacial score (nSPS) is 11.9. The number of hydrogen-bond donors (Lipinski definition) is 3. The molecule has 2 aromatic heterocycles. The van der Waals surface area contributed by atoms with E-state index >= 15 is 0 Å². The molecular formula is C35H33N3O. The van der Waals surface area contributed by atoms with Crippen LogP contribution in [0.25, 0.3) is 21.8 Å². The van der Waals surface area contributed by atoms with Crippen LogP contribution in [0.4, 0.5) is 5.69 Å². The molecule has 2 heterocycles. The maximum Gasteiger partial charge on any atom is 0.255 e. The molecule has 0 aliphatic rings. The number of carbonyl (C=O) groups excluding carboxylic acids is 1. The van der Waals surface area contributed by atoms with Gasteiger partial charge in [-0.15, -0.1) is 0 Å². The first-order valence-corrected chi connectivity index (χ1v) is 13.5. The Labute approximate surface area is 229 Å². The summed E-state index contributed by atoms with van der Waals surface area (Å²) in [4.78, 5) is 20.2. The molecule has 6 aromatic rings. The van der Waals surface area contributed by atoms with Gasteiger partial charge in [0.05, 0.1) is 0 Å². The van der Waals surface area contributed by atoms with E-state index in [0.717, 1.165) is 28.7 Å². The van der Waals surface area contributed by atoms with Gasteiger partial charge in [-0.05, 0) is 64.4 Å². The number of rotatable bonds is 6. The lowest BCUT2D eigenvalue weighted by molar-refractivity contribution is 0.102. The molecule has 4 nitrogen and oxygen atoms in total. The minimum atomic E-state index is -0.0985. The second kappa shape index (κ2) is 9.95. The molecule has 0 fully saturated rings. The van der Waals surface area contributed by atoms with Crippen molar-refractivity contribution in [1.82, 2.24) is 9.97 Å². The topological polar surface area (TPSA) is 60.7 Å². The molecular weight excluding hydrogens is 478 g/mol. The molecule has 0 unspecified atom stereocenters. The van der Waals surface area contributed by atoms with Gasteiger partial charge in [0, 0.05) is 51.4 Å². The molecule has 6 rings (SSSR count). The maximum absolute atomic E-state index is 13.3. The van der Waals surface area contributed by atoms with E-state index in [1.807, 2.05) is 42.5 Å². The number of hydrogen-bond acceptors (Lipinski definition) is 1. The number of aromatic nitrogens is 2. The zero-order valence-electron chi connectivity index (χ0n) is 22.6. The predicted molar refractivity (Wildman–Crippen MR) is 162 cm³/mol. The van der Waals surface area contributed by atoms with E-state index in [-0.39, 0.29) is 17.2 Å². The number of fused-ring (bicyclic) bond motifs is 2. The third-order valence-corrected chi connectivity index (χ3v) is 7.70. The molecule has 0 bridgehead atoms. The van der Waals surface area contributed by atoms with Gasteiger partial charge in [-0.2, -0.15) is 0 Å². The maximum atomic E-state index is 13.3. The van der Waals surface area contributed by atoms with Crippen molar-refractivity contribution in [2.24, 2.45) is 0 Å². The molecule has 3 N–H and O–H groups in total. The third kappa shape index (κ3) is 4.86. The minimum Gasteiger partial charge on any atom is -0.361 e. The van der Waals surface area contributed by atoms with Crippen molar-refractivity contribution in [3.63, 3.8) is 0 Å². The Morgan fingerprint density at radius 2 is 1.26 bits per heavy atom. The van der Waals surface area contributed by atoms with Crippen molar-refractivity contribution in [1.29, 1.82) is 0 Å². The quantitative estimate of drug-likeness (QED) is 0.206. The summed E-state index contributed by atoms with van der Waals surface area (Å²) in [6.45, 7) is 6.53. The lowest BCUT2D eigenvalue weighted by atomic mass is 9.85. The Hall–Kier alpha value is -4.57. The van der Waals surface area contributed by atoms with Crippen LogP contribution in [0.1, 0.15) is 59.3 Å². The fourth-order valence-electron chi connectivity index (χ4n) is 5.51. The molecule has 1 amide bonds. The van der Waals surface area contributed by atoms with Crippen LogP contribution in [-0.4, -0.2) is 15.9 Å². The van der Waals surface area contributed by atoms with Crippen LogP contribution in [0.2, 0.25) is 0 Å². The van der Waals surface area contributed by atoms with Gasteiger partial charge in [0.2, 0.25) is 0 Å². The fourth-order valence-corrected chi connectivity index (χ4v) is 5.51. The minimum absolute atomic E-state index is 0.0431. The summed E-state index contributed by atoms with van der Waals surface area (Å²) < 4.78 is 0. The average molecular weight is 512 g/mol. The first kappa shape index (κ1) is 24.7. The van der Waals surface area contributed by atoms with E-state index in [1.165, 1.54) is 27.5 Å². The first-order valence-electron chi connectivity index (χ1n) is 13.5. The molecule has 4 aromatic carbocycles. The predicted octanol–water partition coefficient (Wildman–Crippen LogP) is 8.57. The van der Waals surface area contributed by atoms with E-state index in [4.69, 9.17) is 0 Å². The summed E-state index contributed by atoms with van der Waals surface area (Å²) in [7, 11) is 0. The Balaban J connectivity index is 1.37. The largest absolute Gasteiger partial charge is 0.361 e. The van der Waals surface area contributed by atoms with Gasteiger partial charge in [0.1, 0.15) is 0 Å². The van der Waals surface area contributed by atoms with Gasteiger partial charge in [-0.1, -0.05) is 87.5 Å². The molecule has 4 heteroatoms. The molecule has 0 atom stereocenters. The van der Waals surface area contributed by atoms with Gasteiger partial charge in [-0.3, -0.25) is 4.79 Å². The van der Waals surface area contributed by atoms with Gasteiger partial charge < -0.3 is 15.3 Å². The van der Waals surface area contributed by atoms with Crippen molar-refractivity contribution in [2.75, 3.05) is 5.32 Å². The zero-order chi connectivity index (χ0) is 27.0. The van der Waals surface area contributed by atoms with Crippen LogP contribution in [-0.2, 0) is 11.8 Å². The van der Waals surface area contributed by atoms with Gasteiger partial charge >= 0.3 is 0 Å². The van der Waals surface area contributed by atoms with E-state index < -0.39 is 0 Å². The Bertz CT molecular complexity index is 1690. The first-order chi connectivity index (χ1) is 18.9. The number of benzene rings is 4. The van der Waals surface area contributed by atoms with Crippen LogP contribution < -0.4 is 5.32 Å². The summed E-state index contributed by atoms with van der Waals surface area (Å²) in [5.41, 5.74) is 8.58. The average Bonchev–Trinajstić information content (AvgIpc) is 3.57. The van der Waals surface area contributed by atoms with Gasteiger partial charge in [-0.25, -0.2) is 0 Å². The molecule has 0 aliphatic carbocycles. The molecule has 0 aliphatic heterocycles. The Morgan fingerprint density at radius 3 is 1.85 bits per heavy atom. The van der Waals surface area contributed by atoms with Gasteiger partial charge in [0.25, 0.3) is 5.91 Å². The molecule has 194 valence electrons. The number of amides is 1. The molecule has 0 radical (unpaired) electrons. The van der Waals surface area contributed by atoms with Gasteiger partial charge in [0.15, 0.2) is 0 Å². The smallest absolute Gasteiger partial charge is 0.255 e. The van der Waals surface area contributed by atoms with Crippen LogP contribution in [0.15, 0.2) is 109 Å². The zero-order valence-corrected chi connectivity index (χ0v) is 22.6. The van der Waals surface area contributed by atoms with Crippen LogP contribution in [0, 0.1) is 0 Å². The number of para-hydroxylation sites is 3. The number of anilines is 1. The molecule has 0 saturated carbocycles. The summed E-state index contributed by atoms with van der Waals surface area (Å²) in [6.07, 6.45) is 5.01. The van der Waals surface area contributed by atoms with Crippen LogP contribution in [0.3, 0.4) is 0 Å². The van der Waals surface area contributed by atoms with Crippen molar-refractivity contribution in [3.05, 3.63) is 137 Å². The van der Waals surface area contributed by atoms with E-state index in [2.05, 4.69) is 103 Å². The number of H-pyrrole nitrogens is 2. The lowest BCUT2D eigenvalue weighted by Gasteiger charge is -2.20. The second-order valence-electron chi connectivity index (χ2n) is 11.3. The monoisotopic (exact) mass is 511 g/mol. The molecule has 39 heavy (non-hydrogen) atoms. The number of carbonyl (C=O) groups is 1. The molecule has 0 saturated heterocycles. The van der Waals surface area contributed by atoms with E-state index in [9.17, 15) is 4.79 Å². The van der Waals surface area contributed by atoms with E-state index in [0.29, 0.717) is 5.56 Å². The summed E-state index contributed by atoms with van der Waals surface area (Å²) in [5, 5.41) is 5.63. The Kier molecular flexibility index (Phi) is 6.32. The van der Waals surface area contributed by atoms with Crippen molar-refractivity contribution >= 4 is 33.4 Å². The second-order valence-corrected chi connectivity index (χ2v) is 11.3. The molecule has 0 spiro atoms. The highest BCUT2D eigenvalue weighted by molar-refractivity contribution is 6.04. The van der Waals surface area contributed by atoms with E-state index in [1.54, 1.807) is 0 Å².